The van der Waals surface area contributed by atoms with Crippen LogP contribution in [0.2, 0.25) is 0 Å². The van der Waals surface area contributed by atoms with Crippen LogP contribution in [0.4, 0.5) is 5.82 Å². The van der Waals surface area contributed by atoms with Gasteiger partial charge in [0.15, 0.2) is 0 Å². The van der Waals surface area contributed by atoms with Crippen molar-refractivity contribution in [3.05, 3.63) is 35.9 Å². The number of fused-ring (bicyclic) bond motifs is 1. The Morgan fingerprint density at radius 1 is 1.33 bits per heavy atom. The molecule has 0 atom stereocenters. The molecule has 4 nitrogen and oxygen atoms in total. The number of aromatic nitrogens is 1. The van der Waals surface area contributed by atoms with E-state index in [-0.39, 0.29) is 5.91 Å². The zero-order chi connectivity index (χ0) is 14.7. The highest BCUT2D eigenvalue weighted by Crippen LogP contribution is 2.23. The summed E-state index contributed by atoms with van der Waals surface area (Å²) in [4.78, 5) is 18.5. The number of nitrogens with zero attached hydrogens (tertiary/aromatic N) is 2. The van der Waals surface area contributed by atoms with Crippen molar-refractivity contribution < 1.29 is 4.79 Å². The molecule has 0 aliphatic carbocycles. The van der Waals surface area contributed by atoms with E-state index < -0.39 is 0 Å². The van der Waals surface area contributed by atoms with Gasteiger partial charge < -0.3 is 10.2 Å². The van der Waals surface area contributed by atoms with Gasteiger partial charge in [0.25, 0.3) is 0 Å². The summed E-state index contributed by atoms with van der Waals surface area (Å²) in [6, 6.07) is 10.3. The van der Waals surface area contributed by atoms with Crippen LogP contribution < -0.4 is 5.32 Å². The van der Waals surface area contributed by atoms with Crippen molar-refractivity contribution in [2.45, 2.75) is 32.7 Å². The molecule has 1 saturated heterocycles. The van der Waals surface area contributed by atoms with E-state index in [0.29, 0.717) is 13.0 Å². The molecule has 0 radical (unpaired) electrons. The van der Waals surface area contributed by atoms with E-state index in [1.54, 1.807) is 0 Å². The van der Waals surface area contributed by atoms with E-state index in [2.05, 4.69) is 24.4 Å². The average Bonchev–Trinajstić information content (AvgIpc) is 2.90. The van der Waals surface area contributed by atoms with Crippen LogP contribution in [0.25, 0.3) is 10.9 Å². The van der Waals surface area contributed by atoms with Gasteiger partial charge in [-0.05, 0) is 25.0 Å². The van der Waals surface area contributed by atoms with Crippen LogP contribution >= 0.6 is 0 Å². The number of benzene rings is 1. The van der Waals surface area contributed by atoms with E-state index >= 15 is 0 Å². The van der Waals surface area contributed by atoms with Crippen molar-refractivity contribution in [1.82, 2.24) is 9.88 Å². The van der Waals surface area contributed by atoms with Gasteiger partial charge in [-0.2, -0.15) is 0 Å². The Labute approximate surface area is 125 Å². The molecule has 1 aliphatic rings. The molecule has 1 fully saturated rings. The summed E-state index contributed by atoms with van der Waals surface area (Å²) in [6.07, 6.45) is 2.70. The van der Waals surface area contributed by atoms with Gasteiger partial charge in [-0.3, -0.25) is 4.79 Å². The number of carbonyl (C=O) groups excluding carboxylic acids is 1. The van der Waals surface area contributed by atoms with Crippen LogP contribution in [-0.4, -0.2) is 28.9 Å². The number of likely N-dealkylation sites (tertiary alicyclic amines) is 1. The van der Waals surface area contributed by atoms with Gasteiger partial charge in [0.2, 0.25) is 5.91 Å². The molecule has 1 aromatic carbocycles. The molecular weight excluding hydrogens is 262 g/mol. The number of para-hydroxylation sites is 1. The maximum Gasteiger partial charge on any atom is 0.222 e. The van der Waals surface area contributed by atoms with E-state index in [1.807, 2.05) is 23.1 Å². The summed E-state index contributed by atoms with van der Waals surface area (Å²) in [6.45, 7) is 4.55. The van der Waals surface area contributed by atoms with Crippen molar-refractivity contribution >= 4 is 22.6 Å². The third-order valence-electron chi connectivity index (χ3n) is 3.88. The fourth-order valence-electron chi connectivity index (χ4n) is 2.75. The Kier molecular flexibility index (Phi) is 4.04. The van der Waals surface area contributed by atoms with Gasteiger partial charge in [0, 0.05) is 37.0 Å². The molecule has 0 bridgehead atoms. The third-order valence-corrected chi connectivity index (χ3v) is 3.88. The van der Waals surface area contributed by atoms with E-state index in [4.69, 9.17) is 4.98 Å². The summed E-state index contributed by atoms with van der Waals surface area (Å²) in [5.74, 6) is 1.17. The standard InChI is InChI=1S/C17H21N3O/c1-2-9-18-17-14(12-20-10-5-8-16(20)21)11-13-6-3-4-7-15(13)19-17/h3-4,6-7,11H,2,5,8-10,12H2,1H3,(H,18,19). The highest BCUT2D eigenvalue weighted by Gasteiger charge is 2.21. The summed E-state index contributed by atoms with van der Waals surface area (Å²) in [5.41, 5.74) is 2.10. The lowest BCUT2D eigenvalue weighted by atomic mass is 10.1. The summed E-state index contributed by atoms with van der Waals surface area (Å²) in [5, 5.41) is 4.52. The number of hydrogen-bond donors (Lipinski definition) is 1. The summed E-state index contributed by atoms with van der Waals surface area (Å²) < 4.78 is 0. The topological polar surface area (TPSA) is 45.2 Å². The van der Waals surface area contributed by atoms with Crippen molar-refractivity contribution in [1.29, 1.82) is 0 Å². The van der Waals surface area contributed by atoms with Gasteiger partial charge >= 0.3 is 0 Å². The number of carbonyl (C=O) groups is 1. The fraction of sp³-hybridized carbons (Fsp3) is 0.412. The fourth-order valence-corrected chi connectivity index (χ4v) is 2.75. The molecule has 3 rings (SSSR count). The molecule has 4 heteroatoms. The SMILES string of the molecule is CCCNc1nc2ccccc2cc1CN1CCCC1=O. The van der Waals surface area contributed by atoms with E-state index in [1.165, 1.54) is 0 Å². The molecular formula is C17H21N3O. The Morgan fingerprint density at radius 2 is 2.19 bits per heavy atom. The molecule has 110 valence electrons. The van der Waals surface area contributed by atoms with Gasteiger partial charge in [-0.25, -0.2) is 4.98 Å². The first-order valence-corrected chi connectivity index (χ1v) is 7.68. The van der Waals surface area contributed by atoms with Crippen LogP contribution in [0.3, 0.4) is 0 Å². The normalized spacial score (nSPS) is 14.9. The molecule has 2 heterocycles. The first kappa shape index (κ1) is 13.9. The highest BCUT2D eigenvalue weighted by atomic mass is 16.2. The predicted molar refractivity (Wildman–Crippen MR) is 85.2 cm³/mol. The monoisotopic (exact) mass is 283 g/mol. The number of nitrogens with one attached hydrogen (secondary N) is 1. The largest absolute Gasteiger partial charge is 0.370 e. The number of hydrogen-bond acceptors (Lipinski definition) is 3. The maximum absolute atomic E-state index is 11.9. The maximum atomic E-state index is 11.9. The van der Waals surface area contributed by atoms with Crippen LogP contribution in [-0.2, 0) is 11.3 Å². The van der Waals surface area contributed by atoms with Crippen LogP contribution in [0.1, 0.15) is 31.7 Å². The molecule has 1 N–H and O–H groups in total. The van der Waals surface area contributed by atoms with Crippen LogP contribution in [0, 0.1) is 0 Å². The zero-order valence-corrected chi connectivity index (χ0v) is 12.4. The Bertz CT molecular complexity index is 654. The van der Waals surface area contributed by atoms with Gasteiger partial charge in [-0.15, -0.1) is 0 Å². The van der Waals surface area contributed by atoms with Crippen molar-refractivity contribution in [3.8, 4) is 0 Å². The first-order valence-electron chi connectivity index (χ1n) is 7.68. The van der Waals surface area contributed by atoms with Crippen molar-refractivity contribution in [2.75, 3.05) is 18.4 Å². The summed E-state index contributed by atoms with van der Waals surface area (Å²) >= 11 is 0. The number of amides is 1. The van der Waals surface area contributed by atoms with Gasteiger partial charge in [0.1, 0.15) is 5.82 Å². The number of pyridine rings is 1. The highest BCUT2D eigenvalue weighted by molar-refractivity contribution is 5.82. The lowest BCUT2D eigenvalue weighted by Gasteiger charge is -2.19. The lowest BCUT2D eigenvalue weighted by Crippen LogP contribution is -2.24. The zero-order valence-electron chi connectivity index (χ0n) is 12.4. The minimum atomic E-state index is 0.254. The summed E-state index contributed by atoms with van der Waals surface area (Å²) in [7, 11) is 0. The number of anilines is 1. The number of rotatable bonds is 5. The van der Waals surface area contributed by atoms with Gasteiger partial charge in [-0.1, -0.05) is 25.1 Å². The van der Waals surface area contributed by atoms with Crippen LogP contribution in [0.15, 0.2) is 30.3 Å². The Morgan fingerprint density at radius 3 is 2.95 bits per heavy atom. The second-order valence-electron chi connectivity index (χ2n) is 5.53. The molecule has 0 unspecified atom stereocenters. The lowest BCUT2D eigenvalue weighted by molar-refractivity contribution is -0.128. The van der Waals surface area contributed by atoms with Crippen LogP contribution in [0.5, 0.6) is 0 Å². The second kappa shape index (κ2) is 6.12. The quantitative estimate of drug-likeness (QED) is 0.916. The van der Waals surface area contributed by atoms with Gasteiger partial charge in [0.05, 0.1) is 5.52 Å². The minimum absolute atomic E-state index is 0.254. The van der Waals surface area contributed by atoms with E-state index in [9.17, 15) is 4.79 Å². The molecule has 21 heavy (non-hydrogen) atoms. The molecule has 1 aromatic heterocycles. The molecule has 0 spiro atoms. The molecule has 0 saturated carbocycles. The molecule has 2 aromatic rings. The van der Waals surface area contributed by atoms with E-state index in [0.717, 1.165) is 48.2 Å². The Hall–Kier alpha value is -2.10. The first-order chi connectivity index (χ1) is 10.3. The second-order valence-corrected chi connectivity index (χ2v) is 5.53. The smallest absolute Gasteiger partial charge is 0.222 e. The Balaban J connectivity index is 1.94. The van der Waals surface area contributed by atoms with Crippen molar-refractivity contribution in [2.24, 2.45) is 0 Å². The van der Waals surface area contributed by atoms with Crippen molar-refractivity contribution in [3.63, 3.8) is 0 Å². The molecule has 1 amide bonds. The third kappa shape index (κ3) is 2.99. The molecule has 1 aliphatic heterocycles. The minimum Gasteiger partial charge on any atom is -0.370 e. The predicted octanol–water partition coefficient (Wildman–Crippen LogP) is 3.18. The average molecular weight is 283 g/mol.